The first-order valence-electron chi connectivity index (χ1n) is 34.4. The molecule has 0 unspecified atom stereocenters. The first-order chi connectivity index (χ1) is 51.3. The highest BCUT2D eigenvalue weighted by atomic mass is 35.5. The van der Waals surface area contributed by atoms with Gasteiger partial charge in [0, 0.05) is 108 Å². The molecule has 0 bridgehead atoms. The zero-order valence-corrected chi connectivity index (χ0v) is 59.3. The lowest BCUT2D eigenvalue weighted by Gasteiger charge is -2.14. The van der Waals surface area contributed by atoms with Crippen molar-refractivity contribution in [3.63, 3.8) is 0 Å². The first-order valence-corrected chi connectivity index (χ1v) is 38.0. The molecular formula is C92H54BClN4O2S4. The Hall–Kier alpha value is -11.6. The van der Waals surface area contributed by atoms with Crippen LogP contribution in [0, 0.1) is 0 Å². The molecule has 104 heavy (non-hydrogen) atoms. The smallest absolute Gasteiger partial charge is 0.423 e. The number of hydrogen-bond donors (Lipinski definition) is 2. The lowest BCUT2D eigenvalue weighted by atomic mass is 9.77. The molecule has 16 aromatic carbocycles. The van der Waals surface area contributed by atoms with E-state index < -0.39 is 7.12 Å². The molecule has 0 saturated carbocycles. The van der Waals surface area contributed by atoms with E-state index in [1.807, 2.05) is 65.3 Å². The van der Waals surface area contributed by atoms with Gasteiger partial charge in [0.2, 0.25) is 0 Å². The normalized spacial score (nSPS) is 11.8. The molecule has 0 aliphatic heterocycles. The Balaban J connectivity index is 0.000000115. The van der Waals surface area contributed by atoms with E-state index >= 15 is 0 Å². The molecule has 0 radical (unpaired) electrons. The molecule has 22 rings (SSSR count). The number of nitrogens with zero attached hydrogens (tertiary/aromatic N) is 4. The SMILES string of the molecule is Clc1cnc2c3ccccc3c3ccccc3c2n1.OB(O)c1cc(-c2cccc3c2sc2ccccc23)cc(-c2cccc3c2sc2ccccc23)c1.c1ccc2c(c1)sc1c(-c3cc(-c4cnc5c6ccccc6c6ccccc6c5n4)cc(-c4cccc5c4sc4ccccc45)c3)cccc12. The van der Waals surface area contributed by atoms with E-state index in [2.05, 4.69) is 277 Å². The van der Waals surface area contributed by atoms with Crippen molar-refractivity contribution in [3.05, 3.63) is 321 Å². The average molecular weight is 1420 g/mol. The molecule has 2 N–H and O–H groups in total. The molecule has 6 heterocycles. The summed E-state index contributed by atoms with van der Waals surface area (Å²) in [6.07, 6.45) is 3.57. The van der Waals surface area contributed by atoms with Gasteiger partial charge in [-0.3, -0.25) is 9.97 Å². The maximum Gasteiger partial charge on any atom is 0.488 e. The number of thiophene rings is 4. The van der Waals surface area contributed by atoms with Gasteiger partial charge in [-0.05, 0) is 120 Å². The van der Waals surface area contributed by atoms with Crippen LogP contribution in [0.5, 0.6) is 0 Å². The average Bonchev–Trinajstić information content (AvgIpc) is 1.38. The van der Waals surface area contributed by atoms with Crippen molar-refractivity contribution < 1.29 is 10.0 Å². The van der Waals surface area contributed by atoms with E-state index in [9.17, 15) is 10.0 Å². The summed E-state index contributed by atoms with van der Waals surface area (Å²) in [6.45, 7) is 0. The van der Waals surface area contributed by atoms with Crippen LogP contribution >= 0.6 is 56.9 Å². The molecule has 0 spiro atoms. The van der Waals surface area contributed by atoms with Crippen LogP contribution in [0.25, 0.3) is 202 Å². The van der Waals surface area contributed by atoms with Gasteiger partial charge in [0.1, 0.15) is 5.15 Å². The summed E-state index contributed by atoms with van der Waals surface area (Å²) >= 11 is 13.3. The summed E-state index contributed by atoms with van der Waals surface area (Å²) in [5, 5.41) is 40.2. The first kappa shape index (κ1) is 62.2. The largest absolute Gasteiger partial charge is 0.488 e. The molecule has 6 nitrogen and oxygen atoms in total. The second-order valence-electron chi connectivity index (χ2n) is 26.2. The third-order valence-corrected chi connectivity index (χ3v) is 25.2. The summed E-state index contributed by atoms with van der Waals surface area (Å²) in [4.78, 5) is 19.5. The minimum absolute atomic E-state index is 0.424. The second kappa shape index (κ2) is 25.4. The summed E-state index contributed by atoms with van der Waals surface area (Å²) in [5.41, 5.74) is 15.1. The van der Waals surface area contributed by atoms with E-state index in [-0.39, 0.29) is 0 Å². The molecule has 12 heteroatoms. The van der Waals surface area contributed by atoms with E-state index in [1.165, 1.54) is 124 Å². The Labute approximate surface area is 617 Å². The molecule has 0 atom stereocenters. The maximum absolute atomic E-state index is 10.2. The van der Waals surface area contributed by atoms with Crippen molar-refractivity contribution in [3.8, 4) is 55.8 Å². The van der Waals surface area contributed by atoms with Crippen LogP contribution in [0.4, 0.5) is 0 Å². The fourth-order valence-corrected chi connectivity index (χ4v) is 20.5. The minimum Gasteiger partial charge on any atom is -0.423 e. The Morgan fingerprint density at radius 1 is 0.250 bits per heavy atom. The van der Waals surface area contributed by atoms with Crippen molar-refractivity contribution in [2.75, 3.05) is 0 Å². The van der Waals surface area contributed by atoms with Gasteiger partial charge in [-0.25, -0.2) is 9.97 Å². The van der Waals surface area contributed by atoms with Gasteiger partial charge in [0.15, 0.2) is 0 Å². The molecule has 0 aliphatic carbocycles. The van der Waals surface area contributed by atoms with Gasteiger partial charge in [-0.1, -0.05) is 266 Å². The van der Waals surface area contributed by atoms with Crippen molar-refractivity contribution in [1.82, 2.24) is 19.9 Å². The molecule has 488 valence electrons. The lowest BCUT2D eigenvalue weighted by Crippen LogP contribution is -2.29. The number of halogens is 1. The molecule has 0 aliphatic rings. The van der Waals surface area contributed by atoms with Crippen LogP contribution < -0.4 is 5.46 Å². The van der Waals surface area contributed by atoms with Gasteiger partial charge in [-0.2, -0.15) is 0 Å². The second-order valence-corrected chi connectivity index (χ2v) is 30.8. The fraction of sp³-hybridized carbons (Fsp3) is 0. The topological polar surface area (TPSA) is 92.0 Å². The number of hydrogen-bond acceptors (Lipinski definition) is 10. The molecule has 0 amide bonds. The van der Waals surface area contributed by atoms with Crippen LogP contribution in [0.2, 0.25) is 5.15 Å². The zero-order chi connectivity index (χ0) is 69.1. The summed E-state index contributed by atoms with van der Waals surface area (Å²) in [5.74, 6) is 0. The predicted octanol–water partition coefficient (Wildman–Crippen LogP) is 25.7. The molecule has 6 aromatic heterocycles. The zero-order valence-electron chi connectivity index (χ0n) is 55.3. The van der Waals surface area contributed by atoms with E-state index in [0.29, 0.717) is 10.6 Å². The Bertz CT molecular complexity index is 6950. The molecular weight excluding hydrogens is 1370 g/mol. The van der Waals surface area contributed by atoms with Crippen LogP contribution in [-0.2, 0) is 0 Å². The minimum atomic E-state index is -1.54. The van der Waals surface area contributed by atoms with Crippen molar-refractivity contribution in [2.24, 2.45) is 0 Å². The molecule has 0 fully saturated rings. The number of benzene rings is 16. The van der Waals surface area contributed by atoms with Gasteiger partial charge in [0.05, 0.1) is 40.2 Å². The Morgan fingerprint density at radius 2 is 0.519 bits per heavy atom. The molecule has 22 aromatic rings. The summed E-state index contributed by atoms with van der Waals surface area (Å²) < 4.78 is 10.2. The predicted molar refractivity (Wildman–Crippen MR) is 449 cm³/mol. The standard InChI is InChI=1S/C46H26N2S2.C30H19BO2S2.C16H9ClN2/c1-3-15-36-32(11-1)33-12-2-4-16-37(33)44-43(36)47-26-40(48-44)29-24-27(30-17-9-19-38-34-13-5-7-21-41(34)49-45(30)38)23-28(25-29)31-18-10-20-39-35-14-6-8-22-42(35)50-46(31)39;32-31(33)20-16-18(21-9-5-11-25-23-7-1-3-13-27(23)34-29(21)25)15-19(17-20)22-10-6-12-26-24-8-2-4-14-28(24)35-30(22)26;17-14-9-18-15-12-7-3-1-5-10(12)11-6-2-4-8-13(11)16(15)19-14/h1-26H;1-17,32-33H;1-9H. The summed E-state index contributed by atoms with van der Waals surface area (Å²) in [6, 6.07) is 107. The fourth-order valence-electron chi connectivity index (χ4n) is 15.5. The van der Waals surface area contributed by atoms with Gasteiger partial charge < -0.3 is 10.0 Å². The van der Waals surface area contributed by atoms with Crippen LogP contribution in [0.15, 0.2) is 316 Å². The number of fused-ring (bicyclic) bond motifs is 24. The Kier molecular flexibility index (Phi) is 15.2. The number of aromatic nitrogens is 4. The van der Waals surface area contributed by atoms with Crippen LogP contribution in [0.1, 0.15) is 0 Å². The third-order valence-electron chi connectivity index (χ3n) is 20.2. The van der Waals surface area contributed by atoms with Crippen molar-refractivity contribution in [2.45, 2.75) is 0 Å². The van der Waals surface area contributed by atoms with Gasteiger partial charge >= 0.3 is 7.12 Å². The van der Waals surface area contributed by atoms with E-state index in [1.54, 1.807) is 28.9 Å². The monoisotopic (exact) mass is 1420 g/mol. The highest BCUT2D eigenvalue weighted by Crippen LogP contribution is 2.48. The third kappa shape index (κ3) is 10.5. The van der Waals surface area contributed by atoms with Crippen molar-refractivity contribution in [1.29, 1.82) is 0 Å². The number of rotatable bonds is 6. The maximum atomic E-state index is 10.2. The van der Waals surface area contributed by atoms with Gasteiger partial charge in [0.25, 0.3) is 0 Å². The highest BCUT2D eigenvalue weighted by Gasteiger charge is 2.22. The molecule has 0 saturated heterocycles. The summed E-state index contributed by atoms with van der Waals surface area (Å²) in [7, 11) is -1.54. The lowest BCUT2D eigenvalue weighted by molar-refractivity contribution is 0.426. The Morgan fingerprint density at radius 3 is 0.865 bits per heavy atom. The van der Waals surface area contributed by atoms with Crippen molar-refractivity contribution >= 4 is 215 Å². The highest BCUT2D eigenvalue weighted by molar-refractivity contribution is 7.27. The quantitative estimate of drug-likeness (QED) is 0.127. The van der Waals surface area contributed by atoms with E-state index in [4.69, 9.17) is 21.6 Å². The van der Waals surface area contributed by atoms with Crippen LogP contribution in [0.3, 0.4) is 0 Å². The van der Waals surface area contributed by atoms with E-state index in [0.717, 1.165) is 77.1 Å². The van der Waals surface area contributed by atoms with Gasteiger partial charge in [-0.15, -0.1) is 45.3 Å². The van der Waals surface area contributed by atoms with Crippen LogP contribution in [-0.4, -0.2) is 37.1 Å².